The summed E-state index contributed by atoms with van der Waals surface area (Å²) in [6, 6.07) is 0. The number of rotatable bonds is 17. The fourth-order valence-electron chi connectivity index (χ4n) is 2.40. The Kier molecular flexibility index (Phi) is 17.9. The van der Waals surface area contributed by atoms with Crippen LogP contribution in [0, 0.1) is 10.1 Å². The molecule has 145 valence electrons. The van der Waals surface area contributed by atoms with Crippen LogP contribution in [0.25, 0.3) is 0 Å². The monoisotopic (exact) mass is 360 g/mol. The molecule has 4 heteroatoms. The molecule has 0 N–H and O–H groups in total. The smallest absolute Gasteiger partial charge is 0.246 e. The molecule has 0 fully saturated rings. The third-order valence-corrected chi connectivity index (χ3v) is 3.94. The molecule has 0 saturated carbocycles. The summed E-state index contributed by atoms with van der Waals surface area (Å²) >= 11 is 0. The maximum Gasteiger partial charge on any atom is 0.246 e. The topological polar surface area (TPSA) is 60.2 Å². The molecule has 0 heterocycles. The van der Waals surface area contributed by atoms with Gasteiger partial charge in [-0.05, 0) is 51.0 Å². The average Bonchev–Trinajstić information content (AvgIpc) is 2.63. The van der Waals surface area contributed by atoms with Gasteiger partial charge in [-0.15, -0.1) is 0 Å². The maximum atomic E-state index is 11.0. The fraction of sp³-hybridized carbons (Fsp3) is 0.591. The third-order valence-electron chi connectivity index (χ3n) is 3.94. The zero-order valence-electron chi connectivity index (χ0n) is 16.2. The van der Waals surface area contributed by atoms with Crippen molar-refractivity contribution < 1.29 is 9.72 Å². The van der Waals surface area contributed by atoms with Crippen molar-refractivity contribution in [3.63, 3.8) is 0 Å². The predicted molar refractivity (Wildman–Crippen MR) is 109 cm³/mol. The van der Waals surface area contributed by atoms with Gasteiger partial charge in [0.15, 0.2) is 6.29 Å². The van der Waals surface area contributed by atoms with Crippen molar-refractivity contribution >= 4 is 6.29 Å². The summed E-state index contributed by atoms with van der Waals surface area (Å²) in [7, 11) is 0. The van der Waals surface area contributed by atoms with Crippen LogP contribution in [-0.4, -0.2) is 11.2 Å². The molecule has 4 nitrogen and oxygen atoms in total. The summed E-state index contributed by atoms with van der Waals surface area (Å²) < 4.78 is 0. The van der Waals surface area contributed by atoms with Gasteiger partial charge in [0.05, 0.1) is 11.3 Å². The number of hydrogen-bond donors (Lipinski definition) is 0. The number of nitro groups is 1. The van der Waals surface area contributed by atoms with E-state index < -0.39 is 0 Å². The van der Waals surface area contributed by atoms with Crippen LogP contribution in [0.15, 0.2) is 48.2 Å². The molecule has 0 aromatic carbocycles. The van der Waals surface area contributed by atoms with Gasteiger partial charge in [0.1, 0.15) is 0 Å². The summed E-state index contributed by atoms with van der Waals surface area (Å²) in [5.41, 5.74) is 0.252. The number of allylic oxidation sites excluding steroid dienone is 7. The molecule has 0 saturated heterocycles. The first-order chi connectivity index (χ1) is 12.7. The van der Waals surface area contributed by atoms with E-state index in [0.29, 0.717) is 19.3 Å². The lowest BCUT2D eigenvalue weighted by molar-refractivity contribution is -0.427. The largest absolute Gasteiger partial charge is 0.291 e. The van der Waals surface area contributed by atoms with Crippen LogP contribution >= 0.6 is 0 Å². The van der Waals surface area contributed by atoms with Gasteiger partial charge in [-0.25, -0.2) is 0 Å². The highest BCUT2D eigenvalue weighted by atomic mass is 16.6. The highest BCUT2D eigenvalue weighted by Crippen LogP contribution is 2.09. The van der Waals surface area contributed by atoms with Gasteiger partial charge < -0.3 is 0 Å². The van der Waals surface area contributed by atoms with Crippen LogP contribution in [0.5, 0.6) is 0 Å². The zero-order valence-corrected chi connectivity index (χ0v) is 16.2. The molecule has 0 unspecified atom stereocenters. The summed E-state index contributed by atoms with van der Waals surface area (Å²) in [6.07, 6.45) is 26.9. The normalized spacial score (nSPS) is 12.6. The maximum absolute atomic E-state index is 11.0. The van der Waals surface area contributed by atoms with Crippen molar-refractivity contribution in [1.29, 1.82) is 0 Å². The van der Waals surface area contributed by atoms with Crippen molar-refractivity contribution in [1.82, 2.24) is 0 Å². The predicted octanol–water partition coefficient (Wildman–Crippen LogP) is 6.63. The Bertz CT molecular complexity index is 476. The quantitative estimate of drug-likeness (QED) is 0.127. The van der Waals surface area contributed by atoms with Crippen LogP contribution in [0.2, 0.25) is 0 Å². The van der Waals surface area contributed by atoms with Gasteiger partial charge in [-0.1, -0.05) is 62.6 Å². The molecular weight excluding hydrogens is 326 g/mol. The Labute approximate surface area is 158 Å². The van der Waals surface area contributed by atoms with Crippen LogP contribution in [-0.2, 0) is 4.79 Å². The van der Waals surface area contributed by atoms with Gasteiger partial charge in [-0.2, -0.15) is 0 Å². The van der Waals surface area contributed by atoms with Crippen LogP contribution in [0.1, 0.15) is 84.0 Å². The first kappa shape index (κ1) is 24.0. The lowest BCUT2D eigenvalue weighted by Gasteiger charge is -1.96. The Balaban J connectivity index is 3.90. The van der Waals surface area contributed by atoms with Gasteiger partial charge in [-0.3, -0.25) is 14.9 Å². The van der Waals surface area contributed by atoms with E-state index in [1.807, 2.05) is 18.4 Å². The van der Waals surface area contributed by atoms with Crippen molar-refractivity contribution in [2.24, 2.45) is 0 Å². The first-order valence-corrected chi connectivity index (χ1v) is 9.85. The van der Waals surface area contributed by atoms with Gasteiger partial charge >= 0.3 is 0 Å². The third kappa shape index (κ3) is 16.9. The molecule has 0 aliphatic carbocycles. The molecular formula is C22H34NO3. The van der Waals surface area contributed by atoms with Crippen molar-refractivity contribution in [2.45, 2.75) is 84.0 Å². The summed E-state index contributed by atoms with van der Waals surface area (Å²) in [5.74, 6) is 0. The first-order valence-electron chi connectivity index (χ1n) is 9.85. The second-order valence-corrected chi connectivity index (χ2v) is 6.28. The zero-order chi connectivity index (χ0) is 19.3. The highest BCUT2D eigenvalue weighted by molar-refractivity contribution is 5.50. The second-order valence-electron chi connectivity index (χ2n) is 6.28. The van der Waals surface area contributed by atoms with E-state index in [-0.39, 0.29) is 10.6 Å². The molecule has 0 aliphatic rings. The van der Waals surface area contributed by atoms with Crippen molar-refractivity contribution in [2.75, 3.05) is 0 Å². The van der Waals surface area contributed by atoms with Gasteiger partial charge in [0, 0.05) is 6.42 Å². The van der Waals surface area contributed by atoms with E-state index in [1.165, 1.54) is 19.3 Å². The van der Waals surface area contributed by atoms with E-state index in [1.54, 1.807) is 6.08 Å². The molecule has 0 aromatic heterocycles. The van der Waals surface area contributed by atoms with Gasteiger partial charge in [0.25, 0.3) is 0 Å². The fourth-order valence-corrected chi connectivity index (χ4v) is 2.40. The summed E-state index contributed by atoms with van der Waals surface area (Å²) in [5, 5.41) is 11.0. The van der Waals surface area contributed by atoms with Crippen molar-refractivity contribution in [3.8, 4) is 0 Å². The molecule has 1 radical (unpaired) electrons. The van der Waals surface area contributed by atoms with Crippen LogP contribution < -0.4 is 0 Å². The van der Waals surface area contributed by atoms with Crippen LogP contribution in [0.4, 0.5) is 0 Å². The van der Waals surface area contributed by atoms with E-state index >= 15 is 0 Å². The molecule has 0 atom stereocenters. The number of carbonyl (C=O) groups excluding carboxylic acids is 1. The molecule has 0 aromatic rings. The molecule has 0 bridgehead atoms. The number of nitrogens with zero attached hydrogens (tertiary/aromatic N) is 1. The SMILES string of the molecule is CCCCC/C=C\C/C=C\C/C=C\C/C(=C\CCCCC[C]=O)[N+](=O)[O-]. The summed E-state index contributed by atoms with van der Waals surface area (Å²) in [4.78, 5) is 20.8. The van der Waals surface area contributed by atoms with E-state index in [9.17, 15) is 14.9 Å². The molecule has 0 spiro atoms. The number of unbranched alkanes of at least 4 members (excludes halogenated alkanes) is 7. The Morgan fingerprint density at radius 2 is 1.54 bits per heavy atom. The van der Waals surface area contributed by atoms with Crippen LogP contribution in [0.3, 0.4) is 0 Å². The second kappa shape index (κ2) is 19.4. The van der Waals surface area contributed by atoms with E-state index in [4.69, 9.17) is 0 Å². The minimum Gasteiger partial charge on any atom is -0.291 e. The van der Waals surface area contributed by atoms with Gasteiger partial charge in [0.2, 0.25) is 5.70 Å². The summed E-state index contributed by atoms with van der Waals surface area (Å²) in [6.45, 7) is 2.21. The molecule has 0 aliphatic heterocycles. The highest BCUT2D eigenvalue weighted by Gasteiger charge is 2.06. The standard InChI is InChI=1S/C22H34NO3/c1-2-3-4-5-6-7-8-9-10-11-13-16-19-22(23(25)26)20-17-14-12-15-18-21-24/h6-7,9-10,13,16,20H,2-5,8,11-12,14-15,17-19H2,1H3/b7-6-,10-9-,16-13-,22-20+. The Morgan fingerprint density at radius 3 is 2.19 bits per heavy atom. The molecule has 26 heavy (non-hydrogen) atoms. The van der Waals surface area contributed by atoms with E-state index in [2.05, 4.69) is 31.2 Å². The minimum atomic E-state index is -0.303. The Morgan fingerprint density at radius 1 is 0.885 bits per heavy atom. The Hall–Kier alpha value is -1.97. The molecule has 0 rings (SSSR count). The van der Waals surface area contributed by atoms with Crippen molar-refractivity contribution in [3.05, 3.63) is 58.3 Å². The minimum absolute atomic E-state index is 0.252. The van der Waals surface area contributed by atoms with E-state index in [0.717, 1.165) is 38.5 Å². The lowest BCUT2D eigenvalue weighted by Crippen LogP contribution is -1.97. The average molecular weight is 361 g/mol. The number of hydrogen-bond acceptors (Lipinski definition) is 3. The lowest BCUT2D eigenvalue weighted by atomic mass is 10.1. The molecule has 0 amide bonds.